The number of ether oxygens (including phenoxy) is 2. The van der Waals surface area contributed by atoms with Crippen LogP contribution in [0.4, 0.5) is 0 Å². The first-order valence-corrected chi connectivity index (χ1v) is 31.3. The van der Waals surface area contributed by atoms with Gasteiger partial charge in [-0.3, -0.25) is 9.59 Å². The number of hydrogen-bond donors (Lipinski definition) is 2. The van der Waals surface area contributed by atoms with Gasteiger partial charge in [-0.2, -0.15) is 0 Å². The Labute approximate surface area is 696 Å². The van der Waals surface area contributed by atoms with E-state index in [1.165, 1.54) is 24.3 Å². The van der Waals surface area contributed by atoms with Crippen LogP contribution in [0.3, 0.4) is 0 Å². The molecular formula is C38H20Na8O38S8. The minimum Gasteiger partial charge on any atom is -0.742 e. The van der Waals surface area contributed by atoms with E-state index in [1.54, 1.807) is 0 Å². The van der Waals surface area contributed by atoms with E-state index >= 15 is 0 Å². The van der Waals surface area contributed by atoms with Crippen molar-refractivity contribution in [2.45, 2.75) is 13.2 Å². The van der Waals surface area contributed by atoms with Gasteiger partial charge in [-0.25, -0.2) is 58.9 Å². The molecule has 38 nitrogen and oxygen atoms in total. The van der Waals surface area contributed by atoms with E-state index in [2.05, 4.69) is 33.5 Å². The summed E-state index contributed by atoms with van der Waals surface area (Å²) in [4.78, 5) is 28.3. The van der Waals surface area contributed by atoms with Crippen LogP contribution < -0.4 is 290 Å². The van der Waals surface area contributed by atoms with Crippen LogP contribution in [-0.2, 0) is 86.0 Å². The van der Waals surface area contributed by atoms with Gasteiger partial charge in [0.1, 0.15) is 58.2 Å². The van der Waals surface area contributed by atoms with Gasteiger partial charge in [0.25, 0.3) is 72.8 Å². The SMILES string of the molecule is O=c1c(OS(=O)(=O)[O-])c(-c2ccc(OS(=O)(=O)[O-])c(OS(=O)(=O)[O-])c2)oc2cc(OS([O-])(O)O)cc(OCc3cccc(COc4cc(OS(=O)(=O)[O-])cc5oc(-c6ccc(OS(=O)(=O)[O-])c(OS(=O)(=O)[O-])c6)c(OS(=O)(=O)[O-])c(=O)c45)c3)c12.[Na+].[Na+].[Na+].[Na+].[Na+].[Na+].[Na+].[Na+]. The number of benzene rings is 5. The van der Waals surface area contributed by atoms with E-state index in [0.29, 0.717) is 48.5 Å². The Morgan fingerprint density at radius 2 is 0.652 bits per heavy atom. The zero-order valence-electron chi connectivity index (χ0n) is 47.4. The van der Waals surface area contributed by atoms with E-state index in [0.717, 1.165) is 0 Å². The maximum absolute atomic E-state index is 14.2. The van der Waals surface area contributed by atoms with Crippen LogP contribution in [0.5, 0.6) is 57.5 Å². The molecule has 0 saturated carbocycles. The van der Waals surface area contributed by atoms with Crippen molar-refractivity contribution in [1.82, 2.24) is 0 Å². The summed E-state index contributed by atoms with van der Waals surface area (Å²) < 4.78 is 331. The van der Waals surface area contributed by atoms with Crippen LogP contribution in [0.25, 0.3) is 44.6 Å². The van der Waals surface area contributed by atoms with Gasteiger partial charge in [0.05, 0.1) is 11.2 Å². The van der Waals surface area contributed by atoms with Crippen molar-refractivity contribution in [1.29, 1.82) is 0 Å². The van der Waals surface area contributed by atoms with Gasteiger partial charge in [-0.15, -0.1) is 0 Å². The van der Waals surface area contributed by atoms with Crippen LogP contribution in [-0.4, -0.2) is 104 Å². The van der Waals surface area contributed by atoms with Crippen molar-refractivity contribution in [3.63, 3.8) is 0 Å². The average Bonchev–Trinajstić information content (AvgIpc) is 0.767. The Kier molecular flexibility index (Phi) is 37.5. The summed E-state index contributed by atoms with van der Waals surface area (Å²) in [5.74, 6) is -15.0. The van der Waals surface area contributed by atoms with Crippen molar-refractivity contribution in [2.24, 2.45) is 0 Å². The van der Waals surface area contributed by atoms with E-state index in [-0.39, 0.29) is 260 Å². The molecule has 456 valence electrons. The monoisotopic (exact) mass is 1520 g/mol. The quantitative estimate of drug-likeness (QED) is 0.0322. The molecule has 2 heterocycles. The molecule has 92 heavy (non-hydrogen) atoms. The predicted octanol–water partition coefficient (Wildman–Crippen LogP) is -23.5. The molecule has 0 aliphatic rings. The van der Waals surface area contributed by atoms with E-state index < -0.39 is 210 Å². The standard InChI is InChI=1S/C38H28O38S8.8Na/c39-33-31-27(11-21(69-77(41,42)43)13-29(31)67-35(37(33)75-83(59,60)61)19-4-6-23(71-79(47,48)49)25(9-19)73-81(53,54)55)65-15-17-2-1-3-18(8-17)16-66-28-12-22(70-78(44,45)46)14-30-32(28)34(40)38(76-84(62,63)64)36(68-30)20-5-7-24(72-80(50,51)52)26(10-20)74-82(56,57)58;;;;;;;;/h1-14,41-43H,15-16H2,(H,44,45,46)(H,47,48,49)(H,50,51,52)(H,53,54,55)(H,56,57,58)(H,59,60,61)(H,62,63,64);;;;;;;;/q;8*+1/p-8. The van der Waals surface area contributed by atoms with Crippen molar-refractivity contribution in [2.75, 3.05) is 0 Å². The van der Waals surface area contributed by atoms with Gasteiger partial charge >= 0.3 is 236 Å². The summed E-state index contributed by atoms with van der Waals surface area (Å²) in [5.41, 5.74) is -7.06. The Morgan fingerprint density at radius 3 is 0.957 bits per heavy atom. The Bertz CT molecular complexity index is 4820. The Morgan fingerprint density at radius 1 is 0.348 bits per heavy atom. The Balaban J connectivity index is 0. The summed E-state index contributed by atoms with van der Waals surface area (Å²) in [6, 6.07) is 9.61. The van der Waals surface area contributed by atoms with Crippen LogP contribution in [0.15, 0.2) is 103 Å². The van der Waals surface area contributed by atoms with Crippen molar-refractivity contribution in [3.8, 4) is 80.1 Å². The Hall–Kier alpha value is 0.120. The van der Waals surface area contributed by atoms with Gasteiger partial charge < -0.3 is 97.3 Å². The summed E-state index contributed by atoms with van der Waals surface area (Å²) >= 11 is -5.24. The fourth-order valence-electron chi connectivity index (χ4n) is 6.93. The van der Waals surface area contributed by atoms with E-state index in [9.17, 15) is 114 Å². The molecule has 0 amide bonds. The van der Waals surface area contributed by atoms with E-state index in [1.807, 2.05) is 0 Å². The van der Waals surface area contributed by atoms with Crippen molar-refractivity contribution < 1.29 is 393 Å². The molecule has 0 bridgehead atoms. The van der Waals surface area contributed by atoms with E-state index in [4.69, 9.17) is 18.3 Å². The molecule has 0 spiro atoms. The second-order valence-electron chi connectivity index (χ2n) is 15.5. The minimum atomic E-state index is -6.06. The third-order valence-corrected chi connectivity index (χ3v) is 12.6. The van der Waals surface area contributed by atoms with Crippen LogP contribution in [0.2, 0.25) is 0 Å². The third-order valence-electron chi connectivity index (χ3n) is 9.52. The van der Waals surface area contributed by atoms with Gasteiger partial charge in [0.15, 0.2) is 34.5 Å². The zero-order chi connectivity index (χ0) is 62.5. The summed E-state index contributed by atoms with van der Waals surface area (Å²) in [5, 5.41) is -1.93. The predicted molar refractivity (Wildman–Crippen MR) is 257 cm³/mol. The normalized spacial score (nSPS) is 11.8. The zero-order valence-corrected chi connectivity index (χ0v) is 69.9. The molecule has 0 radical (unpaired) electrons. The number of rotatable bonds is 24. The van der Waals surface area contributed by atoms with Gasteiger partial charge in [-0.05, 0) is 53.6 Å². The molecule has 0 atom stereocenters. The van der Waals surface area contributed by atoms with Gasteiger partial charge in [-0.1, -0.05) is 18.2 Å². The molecule has 7 rings (SSSR count). The van der Waals surface area contributed by atoms with Crippen molar-refractivity contribution in [3.05, 3.63) is 117 Å². The molecule has 0 unspecified atom stereocenters. The molecule has 0 aliphatic carbocycles. The average molecular weight is 1520 g/mol. The largest absolute Gasteiger partial charge is 1.00 e. The van der Waals surface area contributed by atoms with Crippen LogP contribution in [0, 0.1) is 0 Å². The molecule has 0 aliphatic heterocycles. The second-order valence-corrected chi connectivity index (χ2v) is 23.4. The number of fused-ring (bicyclic) bond motifs is 2. The summed E-state index contributed by atoms with van der Waals surface area (Å²) in [7, 11) is -41.1. The topological polar surface area (TPSA) is 617 Å². The molecule has 5 aromatic carbocycles. The molecule has 0 saturated heterocycles. The first-order valence-electron chi connectivity index (χ1n) is 20.5. The minimum absolute atomic E-state index is 0. The molecule has 2 aromatic heterocycles. The smallest absolute Gasteiger partial charge is 0.742 e. The third kappa shape index (κ3) is 28.6. The second kappa shape index (κ2) is 36.6. The fourth-order valence-corrected chi connectivity index (χ4v) is 9.73. The van der Waals surface area contributed by atoms with Gasteiger partial charge in [0, 0.05) is 35.4 Å². The fraction of sp³-hybridized carbons (Fsp3) is 0.0526. The van der Waals surface area contributed by atoms with Gasteiger partial charge in [0.2, 0.25) is 22.4 Å². The summed E-state index contributed by atoms with van der Waals surface area (Å²) in [6.45, 7) is -1.59. The first-order chi connectivity index (χ1) is 38.3. The maximum atomic E-state index is 14.2. The molecular weight excluding hydrogens is 1500 g/mol. The van der Waals surface area contributed by atoms with Crippen molar-refractivity contribution >= 4 is 106 Å². The molecule has 2 N–H and O–H groups in total. The summed E-state index contributed by atoms with van der Waals surface area (Å²) in [6.07, 6.45) is 0. The molecule has 54 heteroatoms. The molecule has 7 aromatic rings. The first kappa shape index (κ1) is 94.2. The number of hydrogen-bond acceptors (Lipinski definition) is 38. The molecule has 0 fully saturated rings. The van der Waals surface area contributed by atoms with Crippen LogP contribution >= 0.6 is 11.2 Å². The maximum Gasteiger partial charge on any atom is 1.00 e. The van der Waals surface area contributed by atoms with Crippen LogP contribution in [0.1, 0.15) is 11.1 Å².